The van der Waals surface area contributed by atoms with Crippen LogP contribution in [-0.4, -0.2) is 68.2 Å². The number of carbonyl (C=O) groups excluding carboxylic acids is 1. The second-order valence-electron chi connectivity index (χ2n) is 6.46. The van der Waals surface area contributed by atoms with Gasteiger partial charge in [0.15, 0.2) is 5.96 Å². The lowest BCUT2D eigenvalue weighted by Crippen LogP contribution is -2.54. The van der Waals surface area contributed by atoms with E-state index < -0.39 is 0 Å². The van der Waals surface area contributed by atoms with Crippen molar-refractivity contribution in [3.05, 3.63) is 0 Å². The van der Waals surface area contributed by atoms with Crippen molar-refractivity contribution in [3.63, 3.8) is 0 Å². The average Bonchev–Trinajstić information content (AvgIpc) is 2.43. The summed E-state index contributed by atoms with van der Waals surface area (Å²) in [5.41, 5.74) is 0.314. The lowest BCUT2D eigenvalue weighted by Gasteiger charge is -2.36. The van der Waals surface area contributed by atoms with Crippen LogP contribution in [-0.2, 0) is 4.74 Å². The van der Waals surface area contributed by atoms with E-state index in [-0.39, 0.29) is 30.1 Å². The fraction of sp³-hybridized carbons (Fsp3) is 0.867. The molecular weight excluding hydrogens is 395 g/mol. The third-order valence-electron chi connectivity index (χ3n) is 3.48. The Labute approximate surface area is 151 Å². The molecule has 1 rings (SSSR count). The van der Waals surface area contributed by atoms with Crippen LogP contribution in [0.3, 0.4) is 0 Å². The van der Waals surface area contributed by atoms with E-state index in [1.165, 1.54) is 0 Å². The van der Waals surface area contributed by atoms with Crippen molar-refractivity contribution in [2.45, 2.75) is 34.1 Å². The molecule has 0 radical (unpaired) electrons. The Bertz CT molecular complexity index is 361. The van der Waals surface area contributed by atoms with Crippen molar-refractivity contribution in [2.75, 3.05) is 46.4 Å². The zero-order chi connectivity index (χ0) is 15.9. The Balaban J connectivity index is 0.00000441. The first kappa shape index (κ1) is 21.3. The molecule has 130 valence electrons. The van der Waals surface area contributed by atoms with Gasteiger partial charge in [-0.2, -0.15) is 0 Å². The van der Waals surface area contributed by atoms with E-state index >= 15 is 0 Å². The second-order valence-corrected chi connectivity index (χ2v) is 6.46. The molecule has 1 saturated heterocycles. The fourth-order valence-corrected chi connectivity index (χ4v) is 2.20. The van der Waals surface area contributed by atoms with E-state index in [1.807, 2.05) is 6.92 Å². The number of nitrogens with zero attached hydrogens (tertiary/aromatic N) is 3. The molecule has 7 heteroatoms. The van der Waals surface area contributed by atoms with Gasteiger partial charge >= 0.3 is 6.09 Å². The first-order chi connectivity index (χ1) is 9.87. The zero-order valence-electron chi connectivity index (χ0n) is 14.5. The molecule has 1 aliphatic heterocycles. The summed E-state index contributed by atoms with van der Waals surface area (Å²) in [7, 11) is 1.80. The second kappa shape index (κ2) is 10.1. The van der Waals surface area contributed by atoms with E-state index in [0.717, 1.165) is 32.0 Å². The first-order valence-corrected chi connectivity index (χ1v) is 7.74. The predicted octanol–water partition coefficient (Wildman–Crippen LogP) is 2.39. The largest absolute Gasteiger partial charge is 0.450 e. The Kier molecular flexibility index (Phi) is 9.79. The van der Waals surface area contributed by atoms with E-state index in [4.69, 9.17) is 4.74 Å². The maximum Gasteiger partial charge on any atom is 0.409 e. The molecule has 6 nitrogen and oxygen atoms in total. The minimum atomic E-state index is -0.215. The molecule has 0 unspecified atom stereocenters. The molecule has 0 aromatic heterocycles. The molecule has 0 aliphatic carbocycles. The summed E-state index contributed by atoms with van der Waals surface area (Å²) in [6.45, 7) is 12.8. The molecular formula is C15H31IN4O2. The van der Waals surface area contributed by atoms with Crippen molar-refractivity contribution in [1.82, 2.24) is 15.1 Å². The molecule has 0 bridgehead atoms. The Morgan fingerprint density at radius 3 is 2.18 bits per heavy atom. The summed E-state index contributed by atoms with van der Waals surface area (Å²) in [4.78, 5) is 19.9. The quantitative estimate of drug-likeness (QED) is 0.428. The van der Waals surface area contributed by atoms with Gasteiger partial charge in [0, 0.05) is 39.8 Å². The van der Waals surface area contributed by atoms with Crippen LogP contribution in [0.25, 0.3) is 0 Å². The number of ether oxygens (including phenoxy) is 1. The lowest BCUT2D eigenvalue weighted by molar-refractivity contribution is 0.0914. The van der Waals surface area contributed by atoms with Crippen LogP contribution in [0, 0.1) is 5.41 Å². The minimum absolute atomic E-state index is 0. The van der Waals surface area contributed by atoms with E-state index in [0.29, 0.717) is 25.1 Å². The number of halogens is 1. The van der Waals surface area contributed by atoms with Crippen LogP contribution in [0.4, 0.5) is 4.79 Å². The highest BCUT2D eigenvalue weighted by molar-refractivity contribution is 14.0. The summed E-state index contributed by atoms with van der Waals surface area (Å²) in [5.74, 6) is 0.919. The number of guanidine groups is 1. The highest BCUT2D eigenvalue weighted by Crippen LogP contribution is 2.17. The molecule has 1 heterocycles. The smallest absolute Gasteiger partial charge is 0.409 e. The number of carbonyl (C=O) groups is 1. The average molecular weight is 426 g/mol. The van der Waals surface area contributed by atoms with Crippen molar-refractivity contribution in [2.24, 2.45) is 10.4 Å². The number of hydrogen-bond acceptors (Lipinski definition) is 3. The number of rotatable bonds is 3. The van der Waals surface area contributed by atoms with Gasteiger partial charge in [-0.25, -0.2) is 4.79 Å². The minimum Gasteiger partial charge on any atom is -0.450 e. The number of hydrogen-bond donors (Lipinski definition) is 1. The van der Waals surface area contributed by atoms with Crippen molar-refractivity contribution in [1.29, 1.82) is 0 Å². The van der Waals surface area contributed by atoms with Crippen LogP contribution in [0.2, 0.25) is 0 Å². The molecule has 0 aromatic rings. The van der Waals surface area contributed by atoms with Crippen molar-refractivity contribution in [3.8, 4) is 0 Å². The zero-order valence-corrected chi connectivity index (χ0v) is 16.8. The van der Waals surface area contributed by atoms with Crippen LogP contribution < -0.4 is 5.32 Å². The Morgan fingerprint density at radius 1 is 1.18 bits per heavy atom. The summed E-state index contributed by atoms with van der Waals surface area (Å²) in [5, 5.41) is 3.41. The molecule has 1 amide bonds. The maximum atomic E-state index is 11.7. The SMILES string of the molecule is CCOC(=O)N1CCN(C(=NC)NCCC(C)(C)C)CC1.I. The first-order valence-electron chi connectivity index (χ1n) is 7.74. The van der Waals surface area contributed by atoms with Gasteiger partial charge in [-0.1, -0.05) is 20.8 Å². The highest BCUT2D eigenvalue weighted by Gasteiger charge is 2.23. The number of nitrogens with one attached hydrogen (secondary N) is 1. The number of piperazine rings is 1. The lowest BCUT2D eigenvalue weighted by atomic mass is 9.92. The van der Waals surface area contributed by atoms with Crippen LogP contribution in [0.1, 0.15) is 34.1 Å². The van der Waals surface area contributed by atoms with Crippen LogP contribution in [0.5, 0.6) is 0 Å². The van der Waals surface area contributed by atoms with Crippen molar-refractivity contribution >= 4 is 36.0 Å². The molecule has 1 N–H and O–H groups in total. The van der Waals surface area contributed by atoms with E-state index in [2.05, 4.69) is 36.0 Å². The molecule has 0 spiro atoms. The van der Waals surface area contributed by atoms with Crippen LogP contribution in [0.15, 0.2) is 4.99 Å². The maximum absolute atomic E-state index is 11.7. The Morgan fingerprint density at radius 2 is 1.73 bits per heavy atom. The van der Waals surface area contributed by atoms with E-state index in [1.54, 1.807) is 11.9 Å². The van der Waals surface area contributed by atoms with Gasteiger partial charge in [0.2, 0.25) is 0 Å². The molecule has 0 atom stereocenters. The van der Waals surface area contributed by atoms with Crippen molar-refractivity contribution < 1.29 is 9.53 Å². The van der Waals surface area contributed by atoms with Gasteiger partial charge in [0.05, 0.1) is 6.61 Å². The highest BCUT2D eigenvalue weighted by atomic mass is 127. The van der Waals surface area contributed by atoms with Gasteiger partial charge in [0.25, 0.3) is 0 Å². The monoisotopic (exact) mass is 426 g/mol. The third kappa shape index (κ3) is 7.51. The number of amides is 1. The molecule has 22 heavy (non-hydrogen) atoms. The number of aliphatic imine (C=N–C) groups is 1. The van der Waals surface area contributed by atoms with Gasteiger partial charge in [0.1, 0.15) is 0 Å². The summed E-state index contributed by atoms with van der Waals surface area (Å²) in [6, 6.07) is 0. The van der Waals surface area contributed by atoms with E-state index in [9.17, 15) is 4.79 Å². The molecule has 0 aromatic carbocycles. The summed E-state index contributed by atoms with van der Waals surface area (Å²) < 4.78 is 5.03. The summed E-state index contributed by atoms with van der Waals surface area (Å²) in [6.07, 6.45) is 0.877. The normalized spacial score (nSPS) is 16.1. The molecule has 1 fully saturated rings. The third-order valence-corrected chi connectivity index (χ3v) is 3.48. The predicted molar refractivity (Wildman–Crippen MR) is 101 cm³/mol. The summed E-state index contributed by atoms with van der Waals surface area (Å²) >= 11 is 0. The van der Waals surface area contributed by atoms with Crippen LogP contribution >= 0.6 is 24.0 Å². The van der Waals surface area contributed by atoms with Gasteiger partial charge in [-0.05, 0) is 18.8 Å². The topological polar surface area (TPSA) is 57.2 Å². The fourth-order valence-electron chi connectivity index (χ4n) is 2.20. The van der Waals surface area contributed by atoms with Gasteiger partial charge < -0.3 is 19.9 Å². The molecule has 1 aliphatic rings. The Hall–Kier alpha value is -0.730. The van der Waals surface area contributed by atoms with Gasteiger partial charge in [-0.3, -0.25) is 4.99 Å². The van der Waals surface area contributed by atoms with Gasteiger partial charge in [-0.15, -0.1) is 24.0 Å². The molecule has 0 saturated carbocycles. The standard InChI is InChI=1S/C15H30N4O2.HI/c1-6-21-14(20)19-11-9-18(10-12-19)13(16-5)17-8-7-15(2,3)4;/h6-12H2,1-5H3,(H,16,17);1H.